The van der Waals surface area contributed by atoms with Crippen LogP contribution < -0.4 is 5.56 Å². The van der Waals surface area contributed by atoms with Gasteiger partial charge in [-0.05, 0) is 31.2 Å². The summed E-state index contributed by atoms with van der Waals surface area (Å²) >= 11 is 20.4. The van der Waals surface area contributed by atoms with Crippen LogP contribution in [-0.4, -0.2) is 26.5 Å². The number of aryl methyl sites for hydroxylation is 1. The van der Waals surface area contributed by atoms with Gasteiger partial charge in [-0.1, -0.05) is 64.8 Å². The third-order valence-electron chi connectivity index (χ3n) is 4.68. The number of Topliss-reactive ketones (excluding diaryl/α,β-unsaturated/α-hetero) is 1. The van der Waals surface area contributed by atoms with E-state index in [-0.39, 0.29) is 33.0 Å². The number of carbonyl (C=O) groups is 1. The van der Waals surface area contributed by atoms with Crippen molar-refractivity contribution in [2.75, 3.05) is 5.75 Å². The van der Waals surface area contributed by atoms with E-state index in [0.29, 0.717) is 31.2 Å². The van der Waals surface area contributed by atoms with E-state index in [1.165, 1.54) is 17.4 Å². The van der Waals surface area contributed by atoms with Crippen molar-refractivity contribution >= 4 is 63.7 Å². The van der Waals surface area contributed by atoms with Gasteiger partial charge in [0, 0.05) is 16.1 Å². The number of thiazole rings is 1. The van der Waals surface area contributed by atoms with Gasteiger partial charge in [0.25, 0.3) is 5.56 Å². The molecule has 0 fully saturated rings. The Kier molecular flexibility index (Phi) is 7.41. The third-order valence-corrected chi connectivity index (χ3v) is 7.80. The molecule has 0 amide bonds. The monoisotopic (exact) mass is 546 g/mol. The number of nitrogens with zero attached hydrogens (tertiary/aromatic N) is 3. The lowest BCUT2D eigenvalue weighted by molar-refractivity contribution is 0.102. The minimum Gasteiger partial charge on any atom is -0.300 e. The molecule has 2 aromatic carbocycles. The van der Waals surface area contributed by atoms with Gasteiger partial charge in [-0.15, -0.1) is 11.3 Å². The van der Waals surface area contributed by atoms with Gasteiger partial charge in [0.2, 0.25) is 0 Å². The lowest BCUT2D eigenvalue weighted by Crippen LogP contribution is -2.15. The topological polar surface area (TPSA) is 99.5 Å². The van der Waals surface area contributed by atoms with E-state index in [0.717, 1.165) is 17.3 Å². The van der Waals surface area contributed by atoms with E-state index in [2.05, 4.69) is 15.0 Å². The molecule has 2 heterocycles. The zero-order chi connectivity index (χ0) is 24.4. The normalized spacial score (nSPS) is 10.8. The fourth-order valence-corrected chi connectivity index (χ4v) is 5.30. The highest BCUT2D eigenvalue weighted by Gasteiger charge is 2.19. The molecule has 4 aromatic rings. The Bertz CT molecular complexity index is 1510. The van der Waals surface area contributed by atoms with Gasteiger partial charge in [-0.2, -0.15) is 5.26 Å². The predicted molar refractivity (Wildman–Crippen MR) is 137 cm³/mol. The van der Waals surface area contributed by atoms with Gasteiger partial charge in [0.15, 0.2) is 10.9 Å². The summed E-state index contributed by atoms with van der Waals surface area (Å²) in [5, 5.41) is 11.6. The summed E-state index contributed by atoms with van der Waals surface area (Å²) in [4.78, 5) is 37.4. The zero-order valence-electron chi connectivity index (χ0n) is 17.4. The van der Waals surface area contributed by atoms with Crippen LogP contribution >= 0.6 is 57.9 Å². The van der Waals surface area contributed by atoms with Gasteiger partial charge in [0.05, 0.1) is 32.1 Å². The van der Waals surface area contributed by atoms with Crippen LogP contribution in [0.25, 0.3) is 21.8 Å². The molecule has 0 aliphatic heterocycles. The zero-order valence-corrected chi connectivity index (χ0v) is 21.3. The average molecular weight is 548 g/mol. The fraction of sp³-hybridized carbons (Fsp3) is 0.0870. The molecule has 0 atom stereocenters. The van der Waals surface area contributed by atoms with Crippen molar-refractivity contribution in [1.82, 2.24) is 15.0 Å². The second-order valence-corrected chi connectivity index (χ2v) is 10.2. The quantitative estimate of drug-likeness (QED) is 0.164. The second-order valence-electron chi connectivity index (χ2n) is 6.99. The molecule has 2 aromatic heterocycles. The summed E-state index contributed by atoms with van der Waals surface area (Å²) in [7, 11) is 0. The summed E-state index contributed by atoms with van der Waals surface area (Å²) in [6.45, 7) is 1.78. The van der Waals surface area contributed by atoms with E-state index in [1.807, 2.05) is 18.2 Å². The first kappa shape index (κ1) is 24.5. The van der Waals surface area contributed by atoms with Crippen LogP contribution in [0.4, 0.5) is 0 Å². The summed E-state index contributed by atoms with van der Waals surface area (Å²) in [5.41, 5.74) is 1.37. The van der Waals surface area contributed by atoms with Gasteiger partial charge in [-0.3, -0.25) is 9.59 Å². The van der Waals surface area contributed by atoms with Crippen LogP contribution in [0.1, 0.15) is 20.9 Å². The molecule has 0 aliphatic carbocycles. The van der Waals surface area contributed by atoms with Crippen LogP contribution in [0, 0.1) is 18.3 Å². The maximum atomic E-state index is 12.9. The minimum atomic E-state index is -0.604. The molecule has 1 N–H and O–H groups in total. The minimum absolute atomic E-state index is 0.0265. The summed E-state index contributed by atoms with van der Waals surface area (Å²) in [6, 6.07) is 13.8. The van der Waals surface area contributed by atoms with E-state index in [4.69, 9.17) is 34.8 Å². The van der Waals surface area contributed by atoms with Crippen LogP contribution in [0.15, 0.2) is 52.4 Å². The number of hydrogen-bond acceptors (Lipinski definition) is 7. The smallest absolute Gasteiger partial charge is 0.270 e. The lowest BCUT2D eigenvalue weighted by Gasteiger charge is -2.07. The molecule has 4 rings (SSSR count). The van der Waals surface area contributed by atoms with Crippen molar-refractivity contribution in [2.24, 2.45) is 0 Å². The molecule has 0 saturated carbocycles. The number of rotatable bonds is 6. The Morgan fingerprint density at radius 1 is 1.09 bits per heavy atom. The Hall–Kier alpha value is -2.67. The number of hydrogen-bond donors (Lipinski definition) is 1. The van der Waals surface area contributed by atoms with Crippen molar-refractivity contribution in [3.8, 4) is 27.9 Å². The molecule has 0 aliphatic rings. The molecule has 0 spiro atoms. The number of thioether (sulfide) groups is 1. The number of nitriles is 1. The Balaban J connectivity index is 1.58. The highest BCUT2D eigenvalue weighted by atomic mass is 35.5. The fourth-order valence-electron chi connectivity index (χ4n) is 3.05. The van der Waals surface area contributed by atoms with Crippen LogP contribution in [0.5, 0.6) is 0 Å². The first-order chi connectivity index (χ1) is 16.3. The number of ketones is 1. The van der Waals surface area contributed by atoms with Crippen molar-refractivity contribution in [3.63, 3.8) is 0 Å². The molecule has 0 saturated heterocycles. The highest BCUT2D eigenvalue weighted by Crippen LogP contribution is 2.31. The first-order valence-corrected chi connectivity index (χ1v) is 12.6. The number of H-pyrrole nitrogens is 1. The standard InChI is InChI=1S/C23H13Cl3N4O2S2/c1-11-20(34-22(28-11)12-2-5-14(24)6-3-12)18(31)10-33-23-29-19(15(9-27)21(32)30-23)13-4-7-16(25)17(26)8-13/h2-8H,10H2,1H3,(H,29,30,32). The van der Waals surface area contributed by atoms with Crippen LogP contribution in [0.2, 0.25) is 15.1 Å². The largest absolute Gasteiger partial charge is 0.300 e. The molecule has 34 heavy (non-hydrogen) atoms. The summed E-state index contributed by atoms with van der Waals surface area (Å²) in [6.07, 6.45) is 0. The molecule has 0 unspecified atom stereocenters. The molecular weight excluding hydrogens is 535 g/mol. The maximum absolute atomic E-state index is 12.9. The van der Waals surface area contributed by atoms with Gasteiger partial charge >= 0.3 is 0 Å². The molecule has 6 nitrogen and oxygen atoms in total. The average Bonchev–Trinajstić information content (AvgIpc) is 3.21. The van der Waals surface area contributed by atoms with Gasteiger partial charge in [0.1, 0.15) is 16.6 Å². The van der Waals surface area contributed by atoms with E-state index in [9.17, 15) is 14.9 Å². The molecule has 0 bridgehead atoms. The summed E-state index contributed by atoms with van der Waals surface area (Å²) in [5.74, 6) is -0.123. The van der Waals surface area contributed by atoms with E-state index >= 15 is 0 Å². The number of carbonyl (C=O) groups excluding carboxylic acids is 1. The van der Waals surface area contributed by atoms with Crippen LogP contribution in [-0.2, 0) is 0 Å². The van der Waals surface area contributed by atoms with Crippen molar-refractivity contribution < 1.29 is 4.79 Å². The number of benzene rings is 2. The number of nitrogens with one attached hydrogen (secondary N) is 1. The number of halogens is 3. The first-order valence-electron chi connectivity index (χ1n) is 9.66. The van der Waals surface area contributed by atoms with Gasteiger partial charge in [-0.25, -0.2) is 9.97 Å². The molecule has 0 radical (unpaired) electrons. The lowest BCUT2D eigenvalue weighted by atomic mass is 10.1. The van der Waals surface area contributed by atoms with Crippen molar-refractivity contribution in [2.45, 2.75) is 12.1 Å². The predicted octanol–water partition coefficient (Wildman–Crippen LogP) is 6.68. The van der Waals surface area contributed by atoms with E-state index in [1.54, 1.807) is 31.2 Å². The second kappa shape index (κ2) is 10.3. The Morgan fingerprint density at radius 3 is 2.47 bits per heavy atom. The van der Waals surface area contributed by atoms with E-state index < -0.39 is 5.56 Å². The number of aromatic amines is 1. The number of aromatic nitrogens is 3. The summed E-state index contributed by atoms with van der Waals surface area (Å²) < 4.78 is 0. The van der Waals surface area contributed by atoms with Crippen LogP contribution in [0.3, 0.4) is 0 Å². The van der Waals surface area contributed by atoms with Gasteiger partial charge < -0.3 is 4.98 Å². The molecule has 170 valence electrons. The Morgan fingerprint density at radius 2 is 1.79 bits per heavy atom. The molecular formula is C23H13Cl3N4O2S2. The SMILES string of the molecule is Cc1nc(-c2ccc(Cl)cc2)sc1C(=O)CSc1nc(-c2ccc(Cl)c(Cl)c2)c(C#N)c(=O)[nH]1. The maximum Gasteiger partial charge on any atom is 0.270 e. The molecule has 11 heteroatoms. The Labute approximate surface area is 217 Å². The van der Waals surface area contributed by atoms with Crippen molar-refractivity contribution in [3.05, 3.63) is 84.0 Å². The van der Waals surface area contributed by atoms with Crippen molar-refractivity contribution in [1.29, 1.82) is 5.26 Å². The third kappa shape index (κ3) is 5.19. The highest BCUT2D eigenvalue weighted by molar-refractivity contribution is 7.99.